The number of rotatable bonds is 2. The molecule has 1 heterocycles. The van der Waals surface area contributed by atoms with Gasteiger partial charge in [0.2, 0.25) is 5.91 Å². The molecule has 3 amide bonds. The molecular weight excluding hydrogens is 188 g/mol. The highest BCUT2D eigenvalue weighted by Crippen LogP contribution is 2.09. The Labute approximate surface area is 80.5 Å². The summed E-state index contributed by atoms with van der Waals surface area (Å²) in [4.78, 5) is 37.6. The lowest BCUT2D eigenvalue weighted by Crippen LogP contribution is -2.44. The molecule has 0 aromatic heterocycles. The van der Waals surface area contributed by atoms with E-state index in [0.717, 1.165) is 11.1 Å². The summed E-state index contributed by atoms with van der Waals surface area (Å²) in [5, 5.41) is 0. The van der Waals surface area contributed by atoms with E-state index in [1.54, 1.807) is 6.92 Å². The maximum Gasteiger partial charge on any atom is 0.349 e. The third kappa shape index (κ3) is 1.78. The van der Waals surface area contributed by atoms with Crippen molar-refractivity contribution in [2.45, 2.75) is 6.92 Å². The van der Waals surface area contributed by atoms with Gasteiger partial charge >= 0.3 is 12.0 Å². The zero-order chi connectivity index (χ0) is 10.7. The van der Waals surface area contributed by atoms with E-state index >= 15 is 0 Å². The normalized spacial score (nSPS) is 21.3. The molecule has 1 unspecified atom stereocenters. The van der Waals surface area contributed by atoms with Crippen molar-refractivity contribution in [3.05, 3.63) is 0 Å². The summed E-state index contributed by atoms with van der Waals surface area (Å²) in [5.41, 5.74) is 0. The standard InChI is InChI=1S/C8H10N2O4/c1-3-14-7(12)5-4-9-8(13)10(2)6(5)11/h4-5H,3H2,1-2H3. The van der Waals surface area contributed by atoms with Crippen molar-refractivity contribution in [3.8, 4) is 0 Å². The zero-order valence-electron chi connectivity index (χ0n) is 7.89. The van der Waals surface area contributed by atoms with E-state index in [2.05, 4.69) is 9.73 Å². The van der Waals surface area contributed by atoms with Gasteiger partial charge in [-0.3, -0.25) is 14.5 Å². The summed E-state index contributed by atoms with van der Waals surface area (Å²) in [7, 11) is 1.27. The molecule has 1 atom stereocenters. The first-order valence-electron chi connectivity index (χ1n) is 4.10. The molecule has 14 heavy (non-hydrogen) atoms. The molecule has 0 spiro atoms. The van der Waals surface area contributed by atoms with Gasteiger partial charge in [-0.1, -0.05) is 0 Å². The van der Waals surface area contributed by atoms with Crippen molar-refractivity contribution >= 4 is 24.1 Å². The maximum absolute atomic E-state index is 11.4. The first-order chi connectivity index (χ1) is 6.57. The van der Waals surface area contributed by atoms with Crippen molar-refractivity contribution < 1.29 is 19.1 Å². The van der Waals surface area contributed by atoms with Crippen molar-refractivity contribution in [2.24, 2.45) is 10.9 Å². The lowest BCUT2D eigenvalue weighted by atomic mass is 10.1. The summed E-state index contributed by atoms with van der Waals surface area (Å²) >= 11 is 0. The Morgan fingerprint density at radius 2 is 2.29 bits per heavy atom. The highest BCUT2D eigenvalue weighted by molar-refractivity contribution is 6.19. The smallest absolute Gasteiger partial charge is 0.349 e. The van der Waals surface area contributed by atoms with E-state index < -0.39 is 23.8 Å². The minimum absolute atomic E-state index is 0.189. The molecule has 0 fully saturated rings. The number of nitrogens with zero attached hydrogens (tertiary/aromatic N) is 2. The van der Waals surface area contributed by atoms with Gasteiger partial charge in [-0.25, -0.2) is 9.79 Å². The number of ether oxygens (including phenoxy) is 1. The molecule has 0 bridgehead atoms. The van der Waals surface area contributed by atoms with Crippen molar-refractivity contribution in [1.82, 2.24) is 4.90 Å². The number of imide groups is 1. The molecule has 1 aliphatic heterocycles. The Morgan fingerprint density at radius 1 is 1.64 bits per heavy atom. The third-order valence-corrected chi connectivity index (χ3v) is 1.76. The number of aliphatic imine (C=N–C) groups is 1. The summed E-state index contributed by atoms with van der Waals surface area (Å²) in [5.74, 6) is -2.37. The van der Waals surface area contributed by atoms with Gasteiger partial charge < -0.3 is 4.74 Å². The summed E-state index contributed by atoms with van der Waals surface area (Å²) in [6.07, 6.45) is 1.02. The molecule has 6 heteroatoms. The molecule has 0 saturated carbocycles. The average Bonchev–Trinajstić information content (AvgIpc) is 2.15. The highest BCUT2D eigenvalue weighted by Gasteiger charge is 2.34. The van der Waals surface area contributed by atoms with Crippen LogP contribution >= 0.6 is 0 Å². The summed E-state index contributed by atoms with van der Waals surface area (Å²) < 4.78 is 4.65. The molecule has 1 rings (SSSR count). The molecule has 76 valence electrons. The largest absolute Gasteiger partial charge is 0.465 e. The van der Waals surface area contributed by atoms with Gasteiger partial charge in [0.15, 0.2) is 5.92 Å². The van der Waals surface area contributed by atoms with Crippen LogP contribution in [0.3, 0.4) is 0 Å². The zero-order valence-corrected chi connectivity index (χ0v) is 7.89. The maximum atomic E-state index is 11.4. The van der Waals surface area contributed by atoms with Crippen LogP contribution in [0.2, 0.25) is 0 Å². The second-order valence-electron chi connectivity index (χ2n) is 2.69. The molecule has 0 radical (unpaired) electrons. The second-order valence-corrected chi connectivity index (χ2v) is 2.69. The van der Waals surface area contributed by atoms with Crippen LogP contribution in [0.15, 0.2) is 4.99 Å². The molecule has 0 saturated heterocycles. The van der Waals surface area contributed by atoms with E-state index in [9.17, 15) is 14.4 Å². The van der Waals surface area contributed by atoms with Gasteiger partial charge in [0.25, 0.3) is 0 Å². The second kappa shape index (κ2) is 3.99. The lowest BCUT2D eigenvalue weighted by Gasteiger charge is -2.20. The monoisotopic (exact) mass is 198 g/mol. The minimum Gasteiger partial charge on any atom is -0.465 e. The molecule has 0 N–H and O–H groups in total. The number of esters is 1. The fraction of sp³-hybridized carbons (Fsp3) is 0.500. The number of amides is 3. The van der Waals surface area contributed by atoms with Crippen LogP contribution in [-0.2, 0) is 14.3 Å². The van der Waals surface area contributed by atoms with Crippen LogP contribution in [0.5, 0.6) is 0 Å². The Kier molecular flexibility index (Phi) is 2.95. The number of urea groups is 1. The number of hydrogen-bond donors (Lipinski definition) is 0. The highest BCUT2D eigenvalue weighted by atomic mass is 16.5. The Balaban J connectivity index is 2.81. The first-order valence-corrected chi connectivity index (χ1v) is 4.10. The molecule has 0 aliphatic carbocycles. The quantitative estimate of drug-likeness (QED) is 0.456. The van der Waals surface area contributed by atoms with Crippen LogP contribution in [0.25, 0.3) is 0 Å². The van der Waals surface area contributed by atoms with Gasteiger partial charge in [-0.15, -0.1) is 0 Å². The van der Waals surface area contributed by atoms with Gasteiger partial charge in [0.1, 0.15) is 0 Å². The summed E-state index contributed by atoms with van der Waals surface area (Å²) in [6, 6.07) is -0.671. The predicted molar refractivity (Wildman–Crippen MR) is 46.8 cm³/mol. The van der Waals surface area contributed by atoms with Crippen LogP contribution in [0.4, 0.5) is 4.79 Å². The van der Waals surface area contributed by atoms with Crippen molar-refractivity contribution in [1.29, 1.82) is 0 Å². The Morgan fingerprint density at radius 3 is 2.86 bits per heavy atom. The minimum atomic E-state index is -1.09. The van der Waals surface area contributed by atoms with Crippen LogP contribution in [0.1, 0.15) is 6.92 Å². The average molecular weight is 198 g/mol. The fourth-order valence-corrected chi connectivity index (χ4v) is 0.985. The van der Waals surface area contributed by atoms with Gasteiger partial charge in [0.05, 0.1) is 6.61 Å². The molecule has 1 aliphatic rings. The topological polar surface area (TPSA) is 76.0 Å². The molecule has 0 aromatic carbocycles. The molecule has 6 nitrogen and oxygen atoms in total. The molecule has 0 aromatic rings. The van der Waals surface area contributed by atoms with E-state index in [-0.39, 0.29) is 6.61 Å². The third-order valence-electron chi connectivity index (χ3n) is 1.76. The van der Waals surface area contributed by atoms with Gasteiger partial charge in [-0.05, 0) is 6.92 Å². The Bertz CT molecular complexity index is 310. The predicted octanol–water partition coefficient (Wildman–Crippen LogP) is -0.171. The number of carbonyl (C=O) groups excluding carboxylic acids is 3. The summed E-state index contributed by atoms with van der Waals surface area (Å²) in [6.45, 7) is 1.82. The van der Waals surface area contributed by atoms with Gasteiger partial charge in [-0.2, -0.15) is 0 Å². The lowest BCUT2D eigenvalue weighted by molar-refractivity contribution is -0.150. The van der Waals surface area contributed by atoms with E-state index in [1.807, 2.05) is 0 Å². The van der Waals surface area contributed by atoms with Crippen LogP contribution in [0, 0.1) is 5.92 Å². The van der Waals surface area contributed by atoms with Gasteiger partial charge in [0, 0.05) is 13.3 Å². The Hall–Kier alpha value is -1.72. The van der Waals surface area contributed by atoms with E-state index in [1.165, 1.54) is 7.05 Å². The van der Waals surface area contributed by atoms with Crippen molar-refractivity contribution in [3.63, 3.8) is 0 Å². The number of hydrogen-bond acceptors (Lipinski definition) is 4. The van der Waals surface area contributed by atoms with Crippen LogP contribution < -0.4 is 0 Å². The molecular formula is C8H10N2O4. The van der Waals surface area contributed by atoms with Crippen LogP contribution in [-0.4, -0.2) is 42.7 Å². The number of carbonyl (C=O) groups is 3. The SMILES string of the molecule is CCOC(=O)C1C=NC(=O)N(C)C1=O. The fourth-order valence-electron chi connectivity index (χ4n) is 0.985. The van der Waals surface area contributed by atoms with E-state index in [0.29, 0.717) is 0 Å². The van der Waals surface area contributed by atoms with E-state index in [4.69, 9.17) is 0 Å². The van der Waals surface area contributed by atoms with Crippen molar-refractivity contribution in [2.75, 3.05) is 13.7 Å². The first kappa shape index (κ1) is 10.4.